The van der Waals surface area contributed by atoms with Crippen molar-refractivity contribution in [1.29, 1.82) is 0 Å². The van der Waals surface area contributed by atoms with Crippen LogP contribution in [0.3, 0.4) is 0 Å². The van der Waals surface area contributed by atoms with Gasteiger partial charge in [-0.2, -0.15) is 0 Å². The molecule has 0 aliphatic heterocycles. The average Bonchev–Trinajstić information content (AvgIpc) is 2.66. The van der Waals surface area contributed by atoms with Gasteiger partial charge in [0.15, 0.2) is 0 Å². The van der Waals surface area contributed by atoms with Crippen LogP contribution in [-0.2, 0) is 6.54 Å². The van der Waals surface area contributed by atoms with Crippen molar-refractivity contribution in [3.05, 3.63) is 55.7 Å². The molecule has 0 radical (unpaired) electrons. The number of halogens is 2. The van der Waals surface area contributed by atoms with Crippen LogP contribution >= 0.6 is 31.9 Å². The molecule has 0 unspecified atom stereocenters. The fourth-order valence-electron chi connectivity index (χ4n) is 1.26. The number of furan rings is 1. The Labute approximate surface area is 103 Å². The molecule has 0 N–H and O–H groups in total. The summed E-state index contributed by atoms with van der Waals surface area (Å²) in [5.74, 6) is 0. The van der Waals surface area contributed by atoms with Gasteiger partial charge >= 0.3 is 0 Å². The molecule has 2 rings (SSSR count). The van der Waals surface area contributed by atoms with Crippen molar-refractivity contribution in [2.75, 3.05) is 0 Å². The molecule has 0 aromatic carbocycles. The second kappa shape index (κ2) is 4.37. The highest BCUT2D eigenvalue weighted by molar-refractivity contribution is 9.11. The minimum Gasteiger partial charge on any atom is -0.472 e. The monoisotopic (exact) mass is 331 g/mol. The number of hydrogen-bond acceptors (Lipinski definition) is 2. The Morgan fingerprint density at radius 2 is 2.20 bits per heavy atom. The molecular formula is C10H7Br2NO2. The highest BCUT2D eigenvalue weighted by atomic mass is 79.9. The predicted molar refractivity (Wildman–Crippen MR) is 63.9 cm³/mol. The molecule has 0 aliphatic rings. The first kappa shape index (κ1) is 10.7. The highest BCUT2D eigenvalue weighted by Gasteiger charge is 2.04. The van der Waals surface area contributed by atoms with Crippen LogP contribution in [0, 0.1) is 0 Å². The molecule has 0 saturated carbocycles. The molecule has 78 valence electrons. The summed E-state index contributed by atoms with van der Waals surface area (Å²) in [6.45, 7) is 0.507. The van der Waals surface area contributed by atoms with Gasteiger partial charge in [-0.05, 0) is 44.0 Å². The summed E-state index contributed by atoms with van der Waals surface area (Å²) in [5, 5.41) is 0. The first-order valence-electron chi connectivity index (χ1n) is 4.23. The van der Waals surface area contributed by atoms with Crippen molar-refractivity contribution in [3.8, 4) is 0 Å². The van der Waals surface area contributed by atoms with Crippen LogP contribution in [0.5, 0.6) is 0 Å². The van der Waals surface area contributed by atoms with Crippen molar-refractivity contribution >= 4 is 31.9 Å². The van der Waals surface area contributed by atoms with E-state index in [0.29, 0.717) is 11.0 Å². The second-order valence-electron chi connectivity index (χ2n) is 3.07. The summed E-state index contributed by atoms with van der Waals surface area (Å²) in [4.78, 5) is 11.7. The molecule has 3 nitrogen and oxygen atoms in total. The van der Waals surface area contributed by atoms with Crippen LogP contribution < -0.4 is 5.56 Å². The molecule has 0 bridgehead atoms. The lowest BCUT2D eigenvalue weighted by molar-refractivity contribution is 0.561. The SMILES string of the molecule is O=c1c(Br)cc(Br)cn1Cc1ccoc1. The minimum absolute atomic E-state index is 0.0561. The summed E-state index contributed by atoms with van der Waals surface area (Å²) >= 11 is 6.55. The number of aromatic nitrogens is 1. The largest absolute Gasteiger partial charge is 0.472 e. The van der Waals surface area contributed by atoms with E-state index in [2.05, 4.69) is 31.9 Å². The maximum absolute atomic E-state index is 11.7. The fourth-order valence-corrected chi connectivity index (χ4v) is 2.52. The number of hydrogen-bond donors (Lipinski definition) is 0. The molecule has 2 heterocycles. The molecule has 0 saturated heterocycles. The van der Waals surface area contributed by atoms with Crippen LogP contribution in [-0.4, -0.2) is 4.57 Å². The molecule has 0 aliphatic carbocycles. The highest BCUT2D eigenvalue weighted by Crippen LogP contribution is 2.13. The van der Waals surface area contributed by atoms with E-state index < -0.39 is 0 Å². The van der Waals surface area contributed by atoms with Crippen molar-refractivity contribution in [2.45, 2.75) is 6.54 Å². The summed E-state index contributed by atoms with van der Waals surface area (Å²) in [6, 6.07) is 3.56. The summed E-state index contributed by atoms with van der Waals surface area (Å²) in [7, 11) is 0. The Bertz CT molecular complexity index is 517. The summed E-state index contributed by atoms with van der Waals surface area (Å²) in [6.07, 6.45) is 4.97. The van der Waals surface area contributed by atoms with E-state index in [0.717, 1.165) is 10.0 Å². The third kappa shape index (κ3) is 2.41. The topological polar surface area (TPSA) is 35.1 Å². The molecule has 0 spiro atoms. The fraction of sp³-hybridized carbons (Fsp3) is 0.100. The molecular weight excluding hydrogens is 326 g/mol. The summed E-state index contributed by atoms with van der Waals surface area (Å²) < 4.78 is 7.96. The Balaban J connectivity index is 2.41. The third-order valence-corrected chi connectivity index (χ3v) is 2.94. The molecule has 0 fully saturated rings. The van der Waals surface area contributed by atoms with Crippen LogP contribution in [0.25, 0.3) is 0 Å². The van der Waals surface area contributed by atoms with Crippen molar-refractivity contribution in [1.82, 2.24) is 4.57 Å². The summed E-state index contributed by atoms with van der Waals surface area (Å²) in [5.41, 5.74) is 0.904. The molecule has 2 aromatic heterocycles. The Morgan fingerprint density at radius 1 is 1.40 bits per heavy atom. The van der Waals surface area contributed by atoms with E-state index in [4.69, 9.17) is 4.42 Å². The van der Waals surface area contributed by atoms with Gasteiger partial charge in [-0.3, -0.25) is 4.79 Å². The smallest absolute Gasteiger partial charge is 0.265 e. The molecule has 15 heavy (non-hydrogen) atoms. The van der Waals surface area contributed by atoms with Gasteiger partial charge in [0.05, 0.1) is 23.5 Å². The Hall–Kier alpha value is -0.810. The van der Waals surface area contributed by atoms with Gasteiger partial charge in [-0.15, -0.1) is 0 Å². The Morgan fingerprint density at radius 3 is 2.87 bits per heavy atom. The van der Waals surface area contributed by atoms with Gasteiger partial charge in [0, 0.05) is 16.2 Å². The first-order valence-corrected chi connectivity index (χ1v) is 5.82. The van der Waals surface area contributed by atoms with E-state index >= 15 is 0 Å². The van der Waals surface area contributed by atoms with E-state index in [-0.39, 0.29) is 5.56 Å². The lowest BCUT2D eigenvalue weighted by Gasteiger charge is -2.04. The third-order valence-electron chi connectivity index (χ3n) is 1.94. The van der Waals surface area contributed by atoms with Crippen molar-refractivity contribution < 1.29 is 4.42 Å². The number of pyridine rings is 1. The van der Waals surface area contributed by atoms with Crippen LogP contribution in [0.15, 0.2) is 49.0 Å². The lowest BCUT2D eigenvalue weighted by Crippen LogP contribution is -2.20. The second-order valence-corrected chi connectivity index (χ2v) is 4.84. The molecule has 0 amide bonds. The average molecular weight is 333 g/mol. The van der Waals surface area contributed by atoms with Crippen molar-refractivity contribution in [3.63, 3.8) is 0 Å². The van der Waals surface area contributed by atoms with Gasteiger partial charge in [-0.1, -0.05) is 0 Å². The predicted octanol–water partition coefficient (Wildman–Crippen LogP) is 3.01. The maximum atomic E-state index is 11.7. The van der Waals surface area contributed by atoms with E-state index in [1.165, 1.54) is 0 Å². The van der Waals surface area contributed by atoms with Crippen LogP contribution in [0.2, 0.25) is 0 Å². The first-order chi connectivity index (χ1) is 7.16. The van der Waals surface area contributed by atoms with E-state index in [1.54, 1.807) is 29.4 Å². The molecule has 0 atom stereocenters. The normalized spacial score (nSPS) is 10.5. The minimum atomic E-state index is -0.0561. The molecule has 5 heteroatoms. The van der Waals surface area contributed by atoms with E-state index in [1.807, 2.05) is 6.07 Å². The van der Waals surface area contributed by atoms with Crippen LogP contribution in [0.1, 0.15) is 5.56 Å². The molecule has 2 aromatic rings. The zero-order chi connectivity index (χ0) is 10.8. The van der Waals surface area contributed by atoms with Gasteiger partial charge in [0.25, 0.3) is 5.56 Å². The quantitative estimate of drug-likeness (QED) is 0.847. The van der Waals surface area contributed by atoms with Gasteiger partial charge in [0.2, 0.25) is 0 Å². The lowest BCUT2D eigenvalue weighted by atomic mass is 10.3. The zero-order valence-corrected chi connectivity index (χ0v) is 10.8. The Kier molecular flexibility index (Phi) is 3.11. The van der Waals surface area contributed by atoms with Gasteiger partial charge in [-0.25, -0.2) is 0 Å². The number of rotatable bonds is 2. The van der Waals surface area contributed by atoms with Crippen molar-refractivity contribution in [2.24, 2.45) is 0 Å². The standard InChI is InChI=1S/C10H7Br2NO2/c11-8-3-9(12)10(14)13(5-8)4-7-1-2-15-6-7/h1-3,5-6H,4H2. The number of nitrogens with zero attached hydrogens (tertiary/aromatic N) is 1. The maximum Gasteiger partial charge on any atom is 0.265 e. The van der Waals surface area contributed by atoms with Crippen LogP contribution in [0.4, 0.5) is 0 Å². The zero-order valence-electron chi connectivity index (χ0n) is 7.61. The van der Waals surface area contributed by atoms with E-state index in [9.17, 15) is 4.79 Å². The van der Waals surface area contributed by atoms with Gasteiger partial charge in [0.1, 0.15) is 0 Å². The van der Waals surface area contributed by atoms with Gasteiger partial charge < -0.3 is 8.98 Å².